The van der Waals surface area contributed by atoms with Crippen LogP contribution in [0, 0.1) is 5.82 Å². The number of hydrogen-bond donors (Lipinski definition) is 2. The van der Waals surface area contributed by atoms with Crippen molar-refractivity contribution in [1.29, 1.82) is 0 Å². The Labute approximate surface area is 100 Å². The van der Waals surface area contributed by atoms with Crippen molar-refractivity contribution >= 4 is 10.0 Å². The Morgan fingerprint density at radius 3 is 2.94 bits per heavy atom. The fraction of sp³-hybridized carbons (Fsp3) is 0.455. The van der Waals surface area contributed by atoms with Gasteiger partial charge in [-0.05, 0) is 37.6 Å². The van der Waals surface area contributed by atoms with E-state index in [1.54, 1.807) is 0 Å². The molecule has 2 rings (SSSR count). The van der Waals surface area contributed by atoms with Crippen molar-refractivity contribution in [3.63, 3.8) is 0 Å². The third-order valence-corrected chi connectivity index (χ3v) is 4.21. The maximum absolute atomic E-state index is 12.9. The molecule has 1 saturated heterocycles. The van der Waals surface area contributed by atoms with Crippen LogP contribution in [0.1, 0.15) is 12.8 Å². The first-order valence-electron chi connectivity index (χ1n) is 5.56. The van der Waals surface area contributed by atoms with Crippen LogP contribution in [0.4, 0.5) is 4.39 Å². The maximum atomic E-state index is 12.9. The predicted octanol–water partition coefficient (Wildman–Crippen LogP) is 0.856. The molecule has 2 N–H and O–H groups in total. The van der Waals surface area contributed by atoms with Crippen molar-refractivity contribution in [2.24, 2.45) is 0 Å². The quantitative estimate of drug-likeness (QED) is 0.842. The summed E-state index contributed by atoms with van der Waals surface area (Å²) in [4.78, 5) is -0.0319. The number of nitrogens with one attached hydrogen (secondary N) is 2. The van der Waals surface area contributed by atoms with Gasteiger partial charge in [0.2, 0.25) is 10.0 Å². The van der Waals surface area contributed by atoms with E-state index >= 15 is 0 Å². The number of rotatable bonds is 4. The zero-order valence-corrected chi connectivity index (χ0v) is 10.1. The van der Waals surface area contributed by atoms with E-state index in [0.717, 1.165) is 25.5 Å². The largest absolute Gasteiger partial charge is 0.313 e. The summed E-state index contributed by atoms with van der Waals surface area (Å²) in [6.07, 6.45) is 2.03. The third kappa shape index (κ3) is 3.24. The lowest BCUT2D eigenvalue weighted by Gasteiger charge is -2.11. The molecule has 0 bridgehead atoms. The molecular formula is C11H15FN2O2S. The SMILES string of the molecule is O=S(=O)(NCC1CCCN1)c1cccc(F)c1. The molecule has 1 atom stereocenters. The first kappa shape index (κ1) is 12.5. The Kier molecular flexibility index (Phi) is 3.76. The minimum atomic E-state index is -3.60. The molecule has 4 nitrogen and oxygen atoms in total. The van der Waals surface area contributed by atoms with Crippen LogP contribution in [-0.4, -0.2) is 27.5 Å². The van der Waals surface area contributed by atoms with Crippen LogP contribution in [0.5, 0.6) is 0 Å². The molecular weight excluding hydrogens is 243 g/mol. The smallest absolute Gasteiger partial charge is 0.240 e. The lowest BCUT2D eigenvalue weighted by atomic mass is 10.2. The molecule has 1 aliphatic heterocycles. The van der Waals surface area contributed by atoms with Crippen LogP contribution in [0.2, 0.25) is 0 Å². The van der Waals surface area contributed by atoms with Gasteiger partial charge in [-0.1, -0.05) is 6.07 Å². The van der Waals surface area contributed by atoms with E-state index in [1.807, 2.05) is 0 Å². The summed E-state index contributed by atoms with van der Waals surface area (Å²) in [6, 6.07) is 5.19. The monoisotopic (exact) mass is 258 g/mol. The van der Waals surface area contributed by atoms with Crippen molar-refractivity contribution in [2.45, 2.75) is 23.8 Å². The van der Waals surface area contributed by atoms with Gasteiger partial charge in [0.15, 0.2) is 0 Å². The summed E-state index contributed by atoms with van der Waals surface area (Å²) < 4.78 is 39.1. The molecule has 0 radical (unpaired) electrons. The highest BCUT2D eigenvalue weighted by Gasteiger charge is 2.19. The lowest BCUT2D eigenvalue weighted by Crippen LogP contribution is -2.37. The van der Waals surface area contributed by atoms with Gasteiger partial charge >= 0.3 is 0 Å². The molecule has 6 heteroatoms. The molecule has 0 aliphatic carbocycles. The molecule has 1 fully saturated rings. The van der Waals surface area contributed by atoms with Crippen molar-refractivity contribution in [3.05, 3.63) is 30.1 Å². The number of hydrogen-bond acceptors (Lipinski definition) is 3. The summed E-state index contributed by atoms with van der Waals surface area (Å²) in [5.41, 5.74) is 0. The number of benzene rings is 1. The van der Waals surface area contributed by atoms with Crippen LogP contribution in [-0.2, 0) is 10.0 Å². The standard InChI is InChI=1S/C11H15FN2O2S/c12-9-3-1-5-11(7-9)17(15,16)14-8-10-4-2-6-13-10/h1,3,5,7,10,13-14H,2,4,6,8H2. The average Bonchev–Trinajstić information content (AvgIpc) is 2.79. The second-order valence-corrected chi connectivity index (χ2v) is 5.87. The van der Waals surface area contributed by atoms with Gasteiger partial charge in [-0.2, -0.15) is 0 Å². The molecule has 1 heterocycles. The molecule has 0 spiro atoms. The van der Waals surface area contributed by atoms with Crippen LogP contribution in [0.25, 0.3) is 0 Å². The highest BCUT2D eigenvalue weighted by Crippen LogP contribution is 2.11. The minimum Gasteiger partial charge on any atom is -0.313 e. The van der Waals surface area contributed by atoms with Gasteiger partial charge in [0.25, 0.3) is 0 Å². The van der Waals surface area contributed by atoms with E-state index in [9.17, 15) is 12.8 Å². The number of sulfonamides is 1. The Morgan fingerprint density at radius 1 is 1.47 bits per heavy atom. The van der Waals surface area contributed by atoms with Crippen molar-refractivity contribution < 1.29 is 12.8 Å². The van der Waals surface area contributed by atoms with Crippen LogP contribution in [0.3, 0.4) is 0 Å². The summed E-state index contributed by atoms with van der Waals surface area (Å²) in [5, 5.41) is 3.19. The van der Waals surface area contributed by atoms with E-state index < -0.39 is 15.8 Å². The van der Waals surface area contributed by atoms with Crippen molar-refractivity contribution in [2.75, 3.05) is 13.1 Å². The van der Waals surface area contributed by atoms with Gasteiger partial charge in [-0.25, -0.2) is 17.5 Å². The van der Waals surface area contributed by atoms with Crippen LogP contribution in [0.15, 0.2) is 29.2 Å². The van der Waals surface area contributed by atoms with Crippen molar-refractivity contribution in [3.8, 4) is 0 Å². The van der Waals surface area contributed by atoms with Gasteiger partial charge in [-0.3, -0.25) is 0 Å². The molecule has 1 aliphatic rings. The van der Waals surface area contributed by atoms with E-state index in [2.05, 4.69) is 10.0 Å². The second kappa shape index (κ2) is 5.12. The molecule has 1 aromatic rings. The Morgan fingerprint density at radius 2 is 2.29 bits per heavy atom. The summed E-state index contributed by atoms with van der Waals surface area (Å²) in [5.74, 6) is -0.549. The second-order valence-electron chi connectivity index (χ2n) is 4.10. The minimum absolute atomic E-state index is 0.0319. The first-order chi connectivity index (χ1) is 8.08. The topological polar surface area (TPSA) is 58.2 Å². The maximum Gasteiger partial charge on any atom is 0.240 e. The Hall–Kier alpha value is -0.980. The fourth-order valence-electron chi connectivity index (χ4n) is 1.86. The summed E-state index contributed by atoms with van der Waals surface area (Å²) >= 11 is 0. The fourth-order valence-corrected chi connectivity index (χ4v) is 2.97. The molecule has 1 unspecified atom stereocenters. The predicted molar refractivity (Wildman–Crippen MR) is 62.6 cm³/mol. The Bertz CT molecular complexity index is 484. The van der Waals surface area contributed by atoms with Crippen molar-refractivity contribution in [1.82, 2.24) is 10.0 Å². The molecule has 94 valence electrons. The summed E-state index contributed by atoms with van der Waals surface area (Å²) in [7, 11) is -3.60. The van der Waals surface area contributed by atoms with Gasteiger partial charge in [-0.15, -0.1) is 0 Å². The highest BCUT2D eigenvalue weighted by molar-refractivity contribution is 7.89. The van der Waals surface area contributed by atoms with Gasteiger partial charge in [0.1, 0.15) is 5.82 Å². The lowest BCUT2D eigenvalue weighted by molar-refractivity contribution is 0.550. The molecule has 0 amide bonds. The van der Waals surface area contributed by atoms with Crippen LogP contribution < -0.4 is 10.0 Å². The third-order valence-electron chi connectivity index (χ3n) is 2.79. The van der Waals surface area contributed by atoms with Gasteiger partial charge < -0.3 is 5.32 Å². The molecule has 17 heavy (non-hydrogen) atoms. The molecule has 0 aromatic heterocycles. The van der Waals surface area contributed by atoms with E-state index in [0.29, 0.717) is 6.54 Å². The zero-order valence-electron chi connectivity index (χ0n) is 9.32. The number of halogens is 1. The average molecular weight is 258 g/mol. The highest BCUT2D eigenvalue weighted by atomic mass is 32.2. The first-order valence-corrected chi connectivity index (χ1v) is 7.05. The van der Waals surface area contributed by atoms with Crippen LogP contribution >= 0.6 is 0 Å². The zero-order chi connectivity index (χ0) is 12.3. The molecule has 0 saturated carbocycles. The van der Waals surface area contributed by atoms with E-state index in [-0.39, 0.29) is 10.9 Å². The van der Waals surface area contributed by atoms with Gasteiger partial charge in [0.05, 0.1) is 4.90 Å². The molecule has 1 aromatic carbocycles. The normalized spacial score (nSPS) is 20.6. The van der Waals surface area contributed by atoms with E-state index in [4.69, 9.17) is 0 Å². The Balaban J connectivity index is 2.03. The summed E-state index contributed by atoms with van der Waals surface area (Å²) in [6.45, 7) is 1.27. The van der Waals surface area contributed by atoms with Gasteiger partial charge in [0, 0.05) is 12.6 Å². The van der Waals surface area contributed by atoms with E-state index in [1.165, 1.54) is 18.2 Å².